The van der Waals surface area contributed by atoms with Gasteiger partial charge in [-0.25, -0.2) is 9.78 Å². The van der Waals surface area contributed by atoms with Crippen molar-refractivity contribution in [3.05, 3.63) is 47.7 Å². The van der Waals surface area contributed by atoms with E-state index in [1.807, 2.05) is 32.0 Å². The molecule has 0 bridgehead atoms. The van der Waals surface area contributed by atoms with Crippen LogP contribution in [0.15, 0.2) is 36.5 Å². The number of unbranched alkanes of at least 4 members (excludes halogenated alkanes) is 1. The Bertz CT molecular complexity index is 1300. The van der Waals surface area contributed by atoms with E-state index in [-0.39, 0.29) is 43.2 Å². The molecular formula is C32H44N4O7. The fourth-order valence-electron chi connectivity index (χ4n) is 4.81. The molecule has 1 aromatic heterocycles. The molecule has 234 valence electrons. The van der Waals surface area contributed by atoms with Crippen LogP contribution in [0.1, 0.15) is 83.7 Å². The molecule has 2 heterocycles. The number of aryl methyl sites for hydroxylation is 1. The second kappa shape index (κ2) is 14.8. The molecule has 11 heteroatoms. The number of nitrogens with zero attached hydrogens (tertiary/aromatic N) is 3. The largest absolute Gasteiger partial charge is 0.490 e. The van der Waals surface area contributed by atoms with Gasteiger partial charge in [0, 0.05) is 18.3 Å². The third-order valence-corrected chi connectivity index (χ3v) is 6.71. The summed E-state index contributed by atoms with van der Waals surface area (Å²) in [5.74, 6) is -0.157. The first-order chi connectivity index (χ1) is 20.3. The summed E-state index contributed by atoms with van der Waals surface area (Å²) >= 11 is 0. The van der Waals surface area contributed by atoms with Crippen LogP contribution >= 0.6 is 0 Å². The predicted octanol–water partition coefficient (Wildman–Crippen LogP) is 5.37. The zero-order valence-electron chi connectivity index (χ0n) is 26.3. The van der Waals surface area contributed by atoms with Crippen molar-refractivity contribution < 1.29 is 33.4 Å². The minimum Gasteiger partial charge on any atom is -0.490 e. The van der Waals surface area contributed by atoms with Gasteiger partial charge in [0.05, 0.1) is 30.9 Å². The van der Waals surface area contributed by atoms with E-state index in [0.717, 1.165) is 12.0 Å². The van der Waals surface area contributed by atoms with E-state index < -0.39 is 23.7 Å². The van der Waals surface area contributed by atoms with Crippen LogP contribution in [0.3, 0.4) is 0 Å². The van der Waals surface area contributed by atoms with Gasteiger partial charge >= 0.3 is 12.1 Å². The molecule has 0 fully saturated rings. The van der Waals surface area contributed by atoms with Crippen LogP contribution in [0.25, 0.3) is 0 Å². The van der Waals surface area contributed by atoms with E-state index in [0.29, 0.717) is 36.4 Å². The predicted molar refractivity (Wildman–Crippen MR) is 163 cm³/mol. The maximum absolute atomic E-state index is 13.7. The number of hydrogen-bond donors (Lipinski definition) is 1. The molecule has 1 aliphatic heterocycles. The fraction of sp³-hybridized carbons (Fsp3) is 0.531. The standard InChI is InChI=1S/C32H44N4O7/c1-8-41-28(38)18-22(4)35-20-27(37)36(21(2)3)25-15-14-23(19-24(25)30(35)39)12-9-10-17-42-26-13-11-16-33-29(26)34-31(40)43-32(5,6)7/h11,13-16,19,21-22H,8-10,12,17-18,20H2,1-7H3,(H,33,34,40). The van der Waals surface area contributed by atoms with Crippen molar-refractivity contribution in [3.8, 4) is 5.75 Å². The van der Waals surface area contributed by atoms with Crippen molar-refractivity contribution in [2.24, 2.45) is 0 Å². The van der Waals surface area contributed by atoms with Crippen LogP contribution in [0.2, 0.25) is 0 Å². The Kier molecular flexibility index (Phi) is 11.5. The highest BCUT2D eigenvalue weighted by molar-refractivity contribution is 6.10. The third-order valence-electron chi connectivity index (χ3n) is 6.71. The number of anilines is 2. The van der Waals surface area contributed by atoms with Crippen LogP contribution in [-0.2, 0) is 25.5 Å². The third kappa shape index (κ3) is 9.42. The van der Waals surface area contributed by atoms with Crippen LogP contribution in [-0.4, -0.2) is 71.2 Å². The number of fused-ring (bicyclic) bond motifs is 1. The number of hydrogen-bond acceptors (Lipinski definition) is 8. The number of pyridine rings is 1. The van der Waals surface area contributed by atoms with Gasteiger partial charge in [0.15, 0.2) is 11.6 Å². The average molecular weight is 597 g/mol. The summed E-state index contributed by atoms with van der Waals surface area (Å²) in [4.78, 5) is 58.6. The highest BCUT2D eigenvalue weighted by atomic mass is 16.6. The van der Waals surface area contributed by atoms with Gasteiger partial charge in [0.2, 0.25) is 5.91 Å². The number of esters is 1. The molecule has 1 aliphatic rings. The molecule has 1 aromatic carbocycles. The Morgan fingerprint density at radius 2 is 1.84 bits per heavy atom. The van der Waals surface area contributed by atoms with E-state index in [4.69, 9.17) is 14.2 Å². The molecule has 43 heavy (non-hydrogen) atoms. The van der Waals surface area contributed by atoms with E-state index in [1.165, 1.54) is 4.90 Å². The van der Waals surface area contributed by atoms with E-state index in [2.05, 4.69) is 10.3 Å². The maximum atomic E-state index is 13.7. The van der Waals surface area contributed by atoms with Gasteiger partial charge in [-0.05, 0) is 97.6 Å². The summed E-state index contributed by atoms with van der Waals surface area (Å²) < 4.78 is 16.3. The molecule has 0 aliphatic carbocycles. The van der Waals surface area contributed by atoms with Gasteiger partial charge in [0.1, 0.15) is 12.1 Å². The second-order valence-corrected chi connectivity index (χ2v) is 11.8. The molecule has 0 radical (unpaired) electrons. The number of aromatic nitrogens is 1. The van der Waals surface area contributed by atoms with Gasteiger partial charge < -0.3 is 24.0 Å². The Labute approximate surface area is 253 Å². The number of benzene rings is 1. The van der Waals surface area contributed by atoms with Crippen LogP contribution in [0, 0.1) is 0 Å². The monoisotopic (exact) mass is 596 g/mol. The maximum Gasteiger partial charge on any atom is 0.413 e. The summed E-state index contributed by atoms with van der Waals surface area (Å²) in [7, 11) is 0. The van der Waals surface area contributed by atoms with Crippen LogP contribution < -0.4 is 15.0 Å². The van der Waals surface area contributed by atoms with Crippen molar-refractivity contribution in [1.82, 2.24) is 9.88 Å². The van der Waals surface area contributed by atoms with Gasteiger partial charge in [-0.1, -0.05) is 6.07 Å². The van der Waals surface area contributed by atoms with Crippen molar-refractivity contribution >= 4 is 35.4 Å². The molecule has 0 saturated carbocycles. The number of amides is 3. The summed E-state index contributed by atoms with van der Waals surface area (Å²) in [5, 5.41) is 2.63. The van der Waals surface area contributed by atoms with Crippen molar-refractivity contribution in [2.45, 2.75) is 91.8 Å². The molecule has 2 aromatic rings. The number of nitrogens with one attached hydrogen (secondary N) is 1. The Morgan fingerprint density at radius 3 is 2.51 bits per heavy atom. The fourth-order valence-corrected chi connectivity index (χ4v) is 4.81. The molecule has 0 spiro atoms. The SMILES string of the molecule is CCOC(=O)CC(C)N1CC(=O)N(C(C)C)c2ccc(CCCCOc3cccnc3NC(=O)OC(C)(C)C)cc2C1=O. The minimum absolute atomic E-state index is 0.00943. The number of rotatable bonds is 12. The quantitative estimate of drug-likeness (QED) is 0.256. The van der Waals surface area contributed by atoms with E-state index in [1.54, 1.807) is 57.8 Å². The zero-order chi connectivity index (χ0) is 31.7. The van der Waals surface area contributed by atoms with Crippen molar-refractivity contribution in [1.29, 1.82) is 0 Å². The summed E-state index contributed by atoms with van der Waals surface area (Å²) in [5.41, 5.74) is 1.33. The van der Waals surface area contributed by atoms with E-state index in [9.17, 15) is 19.2 Å². The Balaban J connectivity index is 1.66. The minimum atomic E-state index is -0.637. The van der Waals surface area contributed by atoms with Gasteiger partial charge in [0.25, 0.3) is 5.91 Å². The first-order valence-corrected chi connectivity index (χ1v) is 14.8. The first-order valence-electron chi connectivity index (χ1n) is 14.8. The molecule has 3 rings (SSSR count). The van der Waals surface area contributed by atoms with Gasteiger partial charge in [-0.15, -0.1) is 0 Å². The smallest absolute Gasteiger partial charge is 0.413 e. The topological polar surface area (TPSA) is 127 Å². The van der Waals surface area contributed by atoms with Crippen molar-refractivity contribution in [3.63, 3.8) is 0 Å². The molecule has 1 unspecified atom stereocenters. The van der Waals surface area contributed by atoms with Crippen LogP contribution in [0.4, 0.5) is 16.3 Å². The Hall–Kier alpha value is -4.15. The zero-order valence-corrected chi connectivity index (χ0v) is 26.3. The lowest BCUT2D eigenvalue weighted by Gasteiger charge is -2.28. The van der Waals surface area contributed by atoms with Gasteiger partial charge in [-0.2, -0.15) is 0 Å². The summed E-state index contributed by atoms with van der Waals surface area (Å²) in [6.45, 7) is 13.2. The lowest BCUT2D eigenvalue weighted by atomic mass is 10.0. The summed E-state index contributed by atoms with van der Waals surface area (Å²) in [6, 6.07) is 8.43. The number of ether oxygens (including phenoxy) is 3. The molecule has 11 nitrogen and oxygen atoms in total. The molecular weight excluding hydrogens is 552 g/mol. The highest BCUT2D eigenvalue weighted by Crippen LogP contribution is 2.30. The average Bonchev–Trinajstić information content (AvgIpc) is 3.02. The second-order valence-electron chi connectivity index (χ2n) is 11.8. The lowest BCUT2D eigenvalue weighted by Crippen LogP contribution is -2.46. The molecule has 0 saturated heterocycles. The number of carbonyl (C=O) groups excluding carboxylic acids is 4. The number of carbonyl (C=O) groups is 4. The normalized spacial score (nSPS) is 14.2. The first kappa shape index (κ1) is 33.4. The molecule has 1 N–H and O–H groups in total. The molecule has 3 amide bonds. The van der Waals surface area contributed by atoms with Crippen molar-refractivity contribution in [2.75, 3.05) is 30.0 Å². The lowest BCUT2D eigenvalue weighted by molar-refractivity contribution is -0.144. The highest BCUT2D eigenvalue weighted by Gasteiger charge is 2.35. The molecule has 1 atom stereocenters. The Morgan fingerprint density at radius 1 is 1.09 bits per heavy atom. The van der Waals surface area contributed by atoms with Crippen LogP contribution in [0.5, 0.6) is 5.75 Å². The van der Waals surface area contributed by atoms with Gasteiger partial charge in [-0.3, -0.25) is 19.7 Å². The van der Waals surface area contributed by atoms with E-state index >= 15 is 0 Å². The summed E-state index contributed by atoms with van der Waals surface area (Å²) in [6.07, 6.45) is 3.14.